The highest BCUT2D eigenvalue weighted by molar-refractivity contribution is 7.26. The monoisotopic (exact) mass is 1380 g/mol. The molecule has 1 aliphatic carbocycles. The Bertz CT molecular complexity index is 5860. The third kappa shape index (κ3) is 15.4. The van der Waals surface area contributed by atoms with Gasteiger partial charge in [0.2, 0.25) is 0 Å². The highest BCUT2D eigenvalue weighted by Crippen LogP contribution is 2.49. The molecule has 0 aliphatic heterocycles. The van der Waals surface area contributed by atoms with Crippen molar-refractivity contribution in [3.05, 3.63) is 396 Å². The molecule has 0 N–H and O–H groups in total. The Morgan fingerprint density at radius 2 is 0.654 bits per heavy atom. The number of hydrogen-bond donors (Lipinski definition) is 0. The molecule has 4 heterocycles. The van der Waals surface area contributed by atoms with Crippen molar-refractivity contribution in [3.63, 3.8) is 0 Å². The summed E-state index contributed by atoms with van der Waals surface area (Å²) in [5.41, 5.74) is 26.6. The summed E-state index contributed by atoms with van der Waals surface area (Å²) in [7, 11) is 0. The Morgan fingerprint density at radius 3 is 1.31 bits per heavy atom. The summed E-state index contributed by atoms with van der Waals surface area (Å²) < 4.78 is 17.1. The first-order chi connectivity index (χ1) is 50.7. The molecule has 0 unspecified atom stereocenters. The zero-order valence-electron chi connectivity index (χ0n) is 60.5. The molecule has 0 saturated heterocycles. The summed E-state index contributed by atoms with van der Waals surface area (Å²) in [6.45, 7) is 19.6. The van der Waals surface area contributed by atoms with Crippen molar-refractivity contribution in [1.29, 1.82) is 0 Å². The first-order valence-electron chi connectivity index (χ1n) is 35.8. The third-order valence-corrected chi connectivity index (χ3v) is 21.9. The van der Waals surface area contributed by atoms with E-state index in [9.17, 15) is 0 Å². The lowest BCUT2D eigenvalue weighted by molar-refractivity contribution is 0.660. The van der Waals surface area contributed by atoms with Crippen LogP contribution in [0.5, 0.6) is 0 Å². The van der Waals surface area contributed by atoms with Crippen LogP contribution >= 0.6 is 22.7 Å². The Balaban J connectivity index is 0.000000103. The van der Waals surface area contributed by atoms with Gasteiger partial charge in [-0.15, -0.1) is 22.7 Å². The quantitative estimate of drug-likeness (QED) is 0.176. The molecule has 15 aromatic carbocycles. The second kappa shape index (κ2) is 31.3. The topological polar surface area (TPSA) is 26.3 Å². The molecule has 0 bridgehead atoms. The molecule has 0 spiro atoms. The molecular weight excluding hydrogens is 1300 g/mol. The SMILES string of the molecule is Cc1cc(-c2ccccc2)cc(-c2ccccc2)c1.Cc1ccc2c(c1)C(C)(C)c1ccccc1-2.Cc1ccc2oc3ccccc3c2c1.Cc1ccc2sc3ccccc3c2c1.Cc1cccc(-c2ccccc2)c1.Cc1cccc2c1oc1ccccc12.Cc1cccc2c1sc1ccccc12. The first kappa shape index (κ1) is 69.4. The summed E-state index contributed by atoms with van der Waals surface area (Å²) in [5.74, 6) is 0. The molecule has 4 heteroatoms. The minimum Gasteiger partial charge on any atom is -0.456 e. The number of hydrogen-bond acceptors (Lipinski definition) is 4. The summed E-state index contributed by atoms with van der Waals surface area (Å²) in [4.78, 5) is 0. The van der Waals surface area contributed by atoms with Gasteiger partial charge in [-0.1, -0.05) is 327 Å². The maximum Gasteiger partial charge on any atom is 0.138 e. The van der Waals surface area contributed by atoms with E-state index in [-0.39, 0.29) is 5.41 Å². The highest BCUT2D eigenvalue weighted by atomic mass is 32.1. The molecule has 1 aliphatic rings. The lowest BCUT2D eigenvalue weighted by atomic mass is 9.82. The number of benzene rings is 15. The summed E-state index contributed by atoms with van der Waals surface area (Å²) >= 11 is 3.76. The van der Waals surface area contributed by atoms with E-state index in [0.717, 1.165) is 22.3 Å². The third-order valence-electron chi connectivity index (χ3n) is 19.4. The average Bonchev–Trinajstić information content (AvgIpc) is 1.58. The lowest BCUT2D eigenvalue weighted by Gasteiger charge is -2.21. The Kier molecular flexibility index (Phi) is 20.9. The van der Waals surface area contributed by atoms with Crippen LogP contribution in [0, 0.1) is 48.5 Å². The normalized spacial score (nSPS) is 11.6. The summed E-state index contributed by atoms with van der Waals surface area (Å²) in [6, 6.07) is 122. The van der Waals surface area contributed by atoms with Gasteiger partial charge < -0.3 is 8.83 Å². The Labute approximate surface area is 619 Å². The Morgan fingerprint density at radius 1 is 0.231 bits per heavy atom. The first-order valence-corrected chi connectivity index (χ1v) is 37.4. The number of para-hydroxylation sites is 3. The van der Waals surface area contributed by atoms with Crippen LogP contribution in [0.15, 0.2) is 355 Å². The van der Waals surface area contributed by atoms with Crippen molar-refractivity contribution in [2.45, 2.75) is 67.7 Å². The fourth-order valence-corrected chi connectivity index (χ4v) is 16.4. The van der Waals surface area contributed by atoms with Gasteiger partial charge in [0.1, 0.15) is 22.3 Å². The van der Waals surface area contributed by atoms with Crippen molar-refractivity contribution in [3.8, 4) is 44.5 Å². The molecule has 2 nitrogen and oxygen atoms in total. The molecule has 0 saturated carbocycles. The molecule has 0 fully saturated rings. The van der Waals surface area contributed by atoms with Gasteiger partial charge in [-0.2, -0.15) is 0 Å². The molecule has 0 radical (unpaired) electrons. The lowest BCUT2D eigenvalue weighted by Crippen LogP contribution is -2.14. The van der Waals surface area contributed by atoms with Crippen molar-refractivity contribution >= 4 is 107 Å². The largest absolute Gasteiger partial charge is 0.456 e. The van der Waals surface area contributed by atoms with E-state index in [1.165, 1.54) is 156 Å². The molecule has 508 valence electrons. The van der Waals surface area contributed by atoms with E-state index in [1.807, 2.05) is 71.2 Å². The number of furan rings is 2. The molecule has 104 heavy (non-hydrogen) atoms. The number of thiophene rings is 2. The second-order valence-electron chi connectivity index (χ2n) is 27.6. The van der Waals surface area contributed by atoms with Gasteiger partial charge >= 0.3 is 0 Å². The molecule has 20 rings (SSSR count). The number of rotatable bonds is 3. The average molecular weight is 1380 g/mol. The molecule has 4 aromatic heterocycles. The molecule has 19 aromatic rings. The standard InChI is InChI=1S/C19H16.C16H16.2C13H10O.2C13H10S.C13H12/c1-15-12-18(16-8-4-2-5-9-16)14-19(13-15)17-10-6-3-7-11-17;1-11-8-9-13-12-6-4-5-7-14(12)16(2,3)15(13)10-11;1-9-5-4-7-11-10-6-2-3-8-12(10)14-13(9)11;1-9-6-7-13-11(8-9)10-4-2-3-5-12(10)14-13;1-9-5-4-7-11-10-6-2-3-8-12(10)14-13(9)11;1-9-6-7-13-11(8-9)10-4-2-3-5-12(10)14-13;1-11-6-5-9-13(10-11)12-7-3-2-4-8-12/h2-14H,1H3;4-10H,1-3H3;4*2-8H,1H3;2-10H,1H3. The van der Waals surface area contributed by atoms with Crippen molar-refractivity contribution in [1.82, 2.24) is 0 Å². The van der Waals surface area contributed by atoms with Crippen LogP contribution in [-0.4, -0.2) is 0 Å². The second-order valence-corrected chi connectivity index (χ2v) is 29.7. The van der Waals surface area contributed by atoms with E-state index < -0.39 is 0 Å². The van der Waals surface area contributed by atoms with Gasteiger partial charge in [-0.05, 0) is 175 Å². The maximum absolute atomic E-state index is 5.78. The zero-order valence-corrected chi connectivity index (χ0v) is 62.2. The maximum atomic E-state index is 5.78. The minimum atomic E-state index is 0.151. The van der Waals surface area contributed by atoms with E-state index >= 15 is 0 Å². The van der Waals surface area contributed by atoms with Crippen LogP contribution < -0.4 is 0 Å². The summed E-state index contributed by atoms with van der Waals surface area (Å²) in [5, 5.41) is 10.4. The van der Waals surface area contributed by atoms with Gasteiger partial charge in [0.05, 0.1) is 0 Å². The predicted octanol–water partition coefficient (Wildman–Crippen LogP) is 29.8. The van der Waals surface area contributed by atoms with Crippen molar-refractivity contribution < 1.29 is 8.83 Å². The van der Waals surface area contributed by atoms with Gasteiger partial charge in [0, 0.05) is 67.3 Å². The van der Waals surface area contributed by atoms with Crippen molar-refractivity contribution in [2.24, 2.45) is 0 Å². The summed E-state index contributed by atoms with van der Waals surface area (Å²) in [6.07, 6.45) is 0. The number of fused-ring (bicyclic) bond motifs is 15. The predicted molar refractivity (Wildman–Crippen MR) is 452 cm³/mol. The molecule has 0 amide bonds. The van der Waals surface area contributed by atoms with Crippen LogP contribution in [0.2, 0.25) is 0 Å². The van der Waals surface area contributed by atoms with Gasteiger partial charge in [0.25, 0.3) is 0 Å². The van der Waals surface area contributed by atoms with Gasteiger partial charge in [-0.3, -0.25) is 0 Å². The fraction of sp³-hybridized carbons (Fsp3) is 0.100. The van der Waals surface area contributed by atoms with E-state index in [4.69, 9.17) is 8.83 Å². The van der Waals surface area contributed by atoms with E-state index in [2.05, 4.69) is 360 Å². The molecule has 0 atom stereocenters. The van der Waals surface area contributed by atoms with Crippen LogP contribution in [0.1, 0.15) is 63.9 Å². The molecular formula is C100H84O2S2. The van der Waals surface area contributed by atoms with Crippen LogP contribution in [0.3, 0.4) is 0 Å². The fourth-order valence-electron chi connectivity index (χ4n) is 14.1. The number of aryl methyl sites for hydroxylation is 7. The zero-order chi connectivity index (χ0) is 71.7. The van der Waals surface area contributed by atoms with E-state index in [1.54, 1.807) is 0 Å². The van der Waals surface area contributed by atoms with Gasteiger partial charge in [0.15, 0.2) is 0 Å². The Hall–Kier alpha value is -11.7. The van der Waals surface area contributed by atoms with E-state index in [0.29, 0.717) is 0 Å². The smallest absolute Gasteiger partial charge is 0.138 e. The van der Waals surface area contributed by atoms with Crippen LogP contribution in [0.25, 0.3) is 129 Å². The van der Waals surface area contributed by atoms with Crippen molar-refractivity contribution in [2.75, 3.05) is 0 Å². The van der Waals surface area contributed by atoms with Gasteiger partial charge in [-0.25, -0.2) is 0 Å². The van der Waals surface area contributed by atoms with Crippen LogP contribution in [0.4, 0.5) is 0 Å². The minimum absolute atomic E-state index is 0.151. The highest BCUT2D eigenvalue weighted by Gasteiger charge is 2.34. The van der Waals surface area contributed by atoms with Crippen LogP contribution in [-0.2, 0) is 5.41 Å².